The molecule has 0 aromatic rings. The summed E-state index contributed by atoms with van der Waals surface area (Å²) in [6, 6.07) is 0. The molecule has 0 bridgehead atoms. The Kier molecular flexibility index (Phi) is 8.93. The summed E-state index contributed by atoms with van der Waals surface area (Å²) >= 11 is 2.58. The van der Waals surface area contributed by atoms with E-state index in [1.165, 1.54) is 17.3 Å². The van der Waals surface area contributed by atoms with Gasteiger partial charge in [0, 0.05) is 0 Å². The number of nitrogens with one attached hydrogen (secondary N) is 1. The van der Waals surface area contributed by atoms with Crippen molar-refractivity contribution in [2.45, 2.75) is 19.8 Å². The first-order valence-corrected chi connectivity index (χ1v) is 6.04. The van der Waals surface area contributed by atoms with E-state index in [0.717, 1.165) is 0 Å². The Morgan fingerprint density at radius 3 is 2.86 bits per heavy atom. The molecule has 0 aliphatic rings. The molecule has 0 aromatic heterocycles. The van der Waals surface area contributed by atoms with Gasteiger partial charge in [0.05, 0.1) is 0 Å². The minimum atomic E-state index is 0.358. The molecule has 46 valence electrons. The molecule has 0 fully saturated rings. The summed E-state index contributed by atoms with van der Waals surface area (Å²) in [7, 11) is 0. The van der Waals surface area contributed by atoms with Crippen molar-refractivity contribution in [1.82, 2.24) is 1.74 Å². The van der Waals surface area contributed by atoms with E-state index in [0.29, 0.717) is 21.5 Å². The summed E-state index contributed by atoms with van der Waals surface area (Å²) in [6.45, 7) is 2.23. The van der Waals surface area contributed by atoms with Crippen molar-refractivity contribution in [3.05, 3.63) is 0 Å². The average molecular weight is 326 g/mol. The van der Waals surface area contributed by atoms with Crippen molar-refractivity contribution in [2.24, 2.45) is 0 Å². The van der Waals surface area contributed by atoms with Crippen molar-refractivity contribution in [3.63, 3.8) is 0 Å². The summed E-state index contributed by atoms with van der Waals surface area (Å²) < 4.78 is 4.61. The van der Waals surface area contributed by atoms with Gasteiger partial charge in [-0.2, -0.15) is 0 Å². The predicted octanol–water partition coefficient (Wildman–Crippen LogP) is -1.27. The zero-order valence-corrected chi connectivity index (χ0v) is 8.69. The van der Waals surface area contributed by atoms with Gasteiger partial charge >= 0.3 is 70.3 Å². The Bertz CT molecular complexity index is 28.9. The van der Waals surface area contributed by atoms with Crippen molar-refractivity contribution in [1.29, 1.82) is 0 Å². The van der Waals surface area contributed by atoms with E-state index in [2.05, 4.69) is 31.5 Å². The van der Waals surface area contributed by atoms with Gasteiger partial charge in [-0.15, -0.1) is 0 Å². The molecule has 0 unspecified atom stereocenters. The van der Waals surface area contributed by atoms with Gasteiger partial charge in [0.25, 0.3) is 0 Å². The molecule has 0 heterocycles. The number of unbranched alkanes of at least 4 members (excludes halogenated alkanes) is 1. The van der Waals surface area contributed by atoms with Gasteiger partial charge in [0.2, 0.25) is 0 Å². The normalized spacial score (nSPS) is 10.0. The van der Waals surface area contributed by atoms with Crippen LogP contribution in [0.3, 0.4) is 0 Å². The Morgan fingerprint density at radius 2 is 2.43 bits per heavy atom. The zero-order chi connectivity index (χ0) is 5.54. The second-order valence-corrected chi connectivity index (χ2v) is 6.23. The first-order valence-electron chi connectivity index (χ1n) is 2.35. The van der Waals surface area contributed by atoms with Crippen LogP contribution in [0.2, 0.25) is 0 Å². The molecule has 0 amide bonds. The molecule has 0 saturated heterocycles. The van der Waals surface area contributed by atoms with Crippen LogP contribution in [0.5, 0.6) is 0 Å². The van der Waals surface area contributed by atoms with Crippen LogP contribution in [0.25, 0.3) is 0 Å². The molecule has 0 spiro atoms. The predicted molar refractivity (Wildman–Crippen MR) is 36.9 cm³/mol. The van der Waals surface area contributed by atoms with Crippen LogP contribution >= 0.6 is 22.9 Å². The number of halogens is 2. The second kappa shape index (κ2) is 7.42. The maximum atomic E-state index is 3.18. The topological polar surface area (TPSA) is 12.0 Å². The number of hydrogen-bond donors (Lipinski definition) is 1. The summed E-state index contributed by atoms with van der Waals surface area (Å²) in [5.41, 5.74) is 0. The molecule has 0 radical (unpaired) electrons. The van der Waals surface area contributed by atoms with E-state index in [-0.39, 0.29) is 0 Å². The fourth-order valence-electron chi connectivity index (χ4n) is 0.236. The molecular weight excluding hydrogens is 316 g/mol. The quantitative estimate of drug-likeness (QED) is 0.294. The maximum absolute atomic E-state index is 3.18. The van der Waals surface area contributed by atoms with Gasteiger partial charge in [-0.3, -0.25) is 0 Å². The fraction of sp³-hybridized carbons (Fsp3) is 1.00. The van der Waals surface area contributed by atoms with Crippen LogP contribution in [-0.2, 0) is 0 Å². The van der Waals surface area contributed by atoms with Crippen LogP contribution in [0.1, 0.15) is 19.8 Å². The SMILES string of the molecule is CCCC[I-]NI. The summed E-state index contributed by atoms with van der Waals surface area (Å²) in [5.74, 6) is 0. The molecule has 7 heavy (non-hydrogen) atoms. The van der Waals surface area contributed by atoms with Gasteiger partial charge in [-0.05, 0) is 0 Å². The molecular formula is C4H10I2N-. The van der Waals surface area contributed by atoms with Crippen LogP contribution in [-0.4, -0.2) is 4.43 Å². The van der Waals surface area contributed by atoms with E-state index >= 15 is 0 Å². The van der Waals surface area contributed by atoms with Gasteiger partial charge in [-0.25, -0.2) is 0 Å². The van der Waals surface area contributed by atoms with E-state index in [4.69, 9.17) is 0 Å². The molecule has 0 aliphatic heterocycles. The van der Waals surface area contributed by atoms with Gasteiger partial charge in [-0.1, -0.05) is 0 Å². The average Bonchev–Trinajstić information content (AvgIpc) is 1.69. The first-order chi connectivity index (χ1) is 3.41. The molecule has 0 rings (SSSR count). The minimum absolute atomic E-state index is 0.358. The zero-order valence-electron chi connectivity index (χ0n) is 4.38. The van der Waals surface area contributed by atoms with Crippen LogP contribution in [0.15, 0.2) is 0 Å². The van der Waals surface area contributed by atoms with Crippen LogP contribution < -0.4 is 23.2 Å². The summed E-state index contributed by atoms with van der Waals surface area (Å²) in [5, 5.41) is 0. The molecule has 0 aliphatic carbocycles. The standard InChI is InChI=1S/C4H10I2N/c1-2-3-4-6-7-5/h7H,2-4H2,1H3/q-1. The van der Waals surface area contributed by atoms with Gasteiger partial charge in [0.15, 0.2) is 0 Å². The third-order valence-corrected chi connectivity index (χ3v) is 4.16. The molecule has 0 saturated carbocycles. The third-order valence-electron chi connectivity index (χ3n) is 0.632. The van der Waals surface area contributed by atoms with Crippen LogP contribution in [0.4, 0.5) is 0 Å². The summed E-state index contributed by atoms with van der Waals surface area (Å²) in [6.07, 6.45) is 2.75. The number of alkyl halides is 1. The van der Waals surface area contributed by atoms with Gasteiger partial charge in [0.1, 0.15) is 0 Å². The fourth-order valence-corrected chi connectivity index (χ4v) is 2.95. The Labute approximate surface area is 69.7 Å². The number of rotatable bonds is 4. The third kappa shape index (κ3) is 7.42. The molecule has 0 aromatic carbocycles. The molecule has 1 nitrogen and oxygen atoms in total. The van der Waals surface area contributed by atoms with Crippen molar-refractivity contribution >= 4 is 22.9 Å². The van der Waals surface area contributed by atoms with Crippen molar-refractivity contribution in [2.75, 3.05) is 4.43 Å². The van der Waals surface area contributed by atoms with Crippen molar-refractivity contribution < 1.29 is 21.5 Å². The van der Waals surface area contributed by atoms with Crippen LogP contribution in [0, 0.1) is 0 Å². The molecule has 3 heteroatoms. The monoisotopic (exact) mass is 326 g/mol. The molecule has 1 N–H and O–H groups in total. The van der Waals surface area contributed by atoms with E-state index in [9.17, 15) is 0 Å². The van der Waals surface area contributed by atoms with Gasteiger partial charge < -0.3 is 0 Å². The van der Waals surface area contributed by atoms with Crippen molar-refractivity contribution in [3.8, 4) is 0 Å². The Balaban J connectivity index is 2.45. The van der Waals surface area contributed by atoms with E-state index in [1.54, 1.807) is 0 Å². The summed E-state index contributed by atoms with van der Waals surface area (Å²) in [4.78, 5) is 0. The Hall–Kier alpha value is 1.42. The number of hydrogen-bond acceptors (Lipinski definition) is 1. The van der Waals surface area contributed by atoms with E-state index in [1.807, 2.05) is 0 Å². The van der Waals surface area contributed by atoms with E-state index < -0.39 is 0 Å². The Morgan fingerprint density at radius 1 is 1.71 bits per heavy atom. The molecule has 0 atom stereocenters. The first kappa shape index (κ1) is 8.42. The second-order valence-electron chi connectivity index (χ2n) is 1.25.